The van der Waals surface area contributed by atoms with Crippen LogP contribution in [0.2, 0.25) is 0 Å². The summed E-state index contributed by atoms with van der Waals surface area (Å²) in [7, 11) is 1.55. The number of rotatable bonds is 12. The summed E-state index contributed by atoms with van der Waals surface area (Å²) < 4.78 is 14.1. The molecule has 0 aromatic rings. The van der Waals surface area contributed by atoms with Crippen molar-refractivity contribution >= 4 is 29.5 Å². The molecular formula is C34H62FN7O6. The normalized spacial score (nSPS) is 27.5. The van der Waals surface area contributed by atoms with E-state index in [9.17, 15) is 33.5 Å². The molecule has 6 atom stereocenters. The zero-order valence-corrected chi connectivity index (χ0v) is 29.8. The van der Waals surface area contributed by atoms with Gasteiger partial charge in [-0.1, -0.05) is 59.3 Å². The highest BCUT2D eigenvalue weighted by Gasteiger charge is 2.39. The van der Waals surface area contributed by atoms with Crippen LogP contribution in [-0.2, 0) is 24.0 Å². The number of nitrogens with zero attached hydrogens (tertiary/aromatic N) is 2. The Morgan fingerprint density at radius 3 is 2.17 bits per heavy atom. The smallest absolute Gasteiger partial charge is 0.245 e. The van der Waals surface area contributed by atoms with Gasteiger partial charge in [0.15, 0.2) is 0 Å². The van der Waals surface area contributed by atoms with Crippen LogP contribution in [0, 0.1) is 11.8 Å². The standard InChI is InChI=1S/C34H62FN7O6/c1-6-7-8-12-18-42-19-17-37-32(46)28(23(4)43)39-30(44)25(21-36)38-33(47)29(24-13-10-9-11-14-24)40-31(45)27(20-22(2)3)41(5)34(48)26(42)15-16-35/h22-29,43H,6-21,36H2,1-5H3,(H,37,46)(H,38,47)(H,39,44)(H,40,45)/t23-,25-,26-,27-,28-,29?/m0/s1. The Hall–Kier alpha value is -2.84. The number of amides is 5. The maximum absolute atomic E-state index is 14.2. The maximum atomic E-state index is 14.2. The third kappa shape index (κ3) is 12.6. The van der Waals surface area contributed by atoms with E-state index in [1.54, 1.807) is 7.05 Å². The lowest BCUT2D eigenvalue weighted by atomic mass is 9.83. The van der Waals surface area contributed by atoms with Gasteiger partial charge in [-0.2, -0.15) is 0 Å². The molecule has 0 radical (unpaired) electrons. The monoisotopic (exact) mass is 683 g/mol. The molecule has 1 aliphatic carbocycles. The molecule has 0 bridgehead atoms. The Balaban J connectivity index is 2.59. The first-order valence-electron chi connectivity index (χ1n) is 18.0. The minimum Gasteiger partial charge on any atom is -0.391 e. The van der Waals surface area contributed by atoms with Crippen molar-refractivity contribution in [3.63, 3.8) is 0 Å². The number of aliphatic hydroxyl groups is 1. The van der Waals surface area contributed by atoms with Gasteiger partial charge in [0.05, 0.1) is 18.8 Å². The number of nitrogens with two attached hydrogens (primary N) is 1. The summed E-state index contributed by atoms with van der Waals surface area (Å²) in [5.41, 5.74) is 5.90. The highest BCUT2D eigenvalue weighted by molar-refractivity contribution is 5.96. The summed E-state index contributed by atoms with van der Waals surface area (Å²) in [6, 6.07) is -5.40. The van der Waals surface area contributed by atoms with Crippen molar-refractivity contribution in [2.45, 2.75) is 135 Å². The highest BCUT2D eigenvalue weighted by Crippen LogP contribution is 2.27. The molecule has 1 saturated carbocycles. The molecule has 5 amide bonds. The van der Waals surface area contributed by atoms with Gasteiger partial charge < -0.3 is 37.0 Å². The van der Waals surface area contributed by atoms with Crippen molar-refractivity contribution in [2.24, 2.45) is 17.6 Å². The first-order valence-corrected chi connectivity index (χ1v) is 18.0. The van der Waals surface area contributed by atoms with Crippen molar-refractivity contribution in [1.82, 2.24) is 31.1 Å². The maximum Gasteiger partial charge on any atom is 0.245 e. The number of likely N-dealkylation sites (N-methyl/N-ethyl adjacent to an activating group) is 1. The zero-order valence-electron chi connectivity index (χ0n) is 29.8. The molecule has 1 saturated heterocycles. The van der Waals surface area contributed by atoms with Crippen LogP contribution in [0.3, 0.4) is 0 Å². The van der Waals surface area contributed by atoms with Crippen molar-refractivity contribution < 1.29 is 33.5 Å². The molecule has 2 rings (SSSR count). The Morgan fingerprint density at radius 2 is 1.58 bits per heavy atom. The first-order chi connectivity index (χ1) is 22.9. The molecule has 2 fully saturated rings. The van der Waals surface area contributed by atoms with Crippen LogP contribution in [0.25, 0.3) is 0 Å². The molecule has 1 heterocycles. The first kappa shape index (κ1) is 41.3. The number of carbonyl (C=O) groups is 5. The third-order valence-electron chi connectivity index (χ3n) is 9.55. The Kier molecular flexibility index (Phi) is 18.3. The van der Waals surface area contributed by atoms with Crippen LogP contribution in [0.15, 0.2) is 0 Å². The van der Waals surface area contributed by atoms with Gasteiger partial charge in [0.25, 0.3) is 0 Å². The number of unbranched alkanes of at least 4 members (excludes halogenated alkanes) is 3. The van der Waals surface area contributed by atoms with Gasteiger partial charge >= 0.3 is 0 Å². The fraction of sp³-hybridized carbons (Fsp3) is 0.853. The van der Waals surface area contributed by atoms with Gasteiger partial charge in [0, 0.05) is 33.1 Å². The van der Waals surface area contributed by atoms with E-state index in [0.717, 1.165) is 44.9 Å². The molecule has 13 nitrogen and oxygen atoms in total. The molecule has 7 N–H and O–H groups in total. The van der Waals surface area contributed by atoms with E-state index in [2.05, 4.69) is 28.2 Å². The number of aliphatic hydroxyl groups excluding tert-OH is 1. The van der Waals surface area contributed by atoms with Crippen LogP contribution in [0.1, 0.15) is 98.3 Å². The summed E-state index contributed by atoms with van der Waals surface area (Å²) in [5.74, 6) is -3.08. The van der Waals surface area contributed by atoms with Crippen molar-refractivity contribution in [3.8, 4) is 0 Å². The molecular weight excluding hydrogens is 621 g/mol. The second-order valence-corrected chi connectivity index (χ2v) is 13.9. The van der Waals surface area contributed by atoms with E-state index in [1.165, 1.54) is 11.8 Å². The van der Waals surface area contributed by atoms with E-state index in [-0.39, 0.29) is 37.9 Å². The molecule has 1 aliphatic heterocycles. The molecule has 0 aromatic carbocycles. The van der Waals surface area contributed by atoms with Gasteiger partial charge in [-0.15, -0.1) is 0 Å². The number of nitrogens with one attached hydrogen (secondary N) is 4. The number of carbonyl (C=O) groups excluding carboxylic acids is 5. The van der Waals surface area contributed by atoms with Crippen molar-refractivity contribution in [2.75, 3.05) is 39.9 Å². The third-order valence-corrected chi connectivity index (χ3v) is 9.55. The SMILES string of the molecule is CCCCCCN1CCNC(=O)[C@H]([C@H](C)O)NC(=O)[C@H](CN)NC(=O)C(C2CCCCC2)NC(=O)[C@H](CC(C)C)N(C)C(=O)[C@@H]1CCF. The van der Waals surface area contributed by atoms with Gasteiger partial charge in [-0.05, 0) is 51.0 Å². The zero-order chi connectivity index (χ0) is 35.8. The summed E-state index contributed by atoms with van der Waals surface area (Å²) in [5, 5.41) is 21.3. The Labute approximate surface area is 286 Å². The van der Waals surface area contributed by atoms with E-state index < -0.39 is 72.5 Å². The molecule has 14 heteroatoms. The second kappa shape index (κ2) is 21.3. The molecule has 1 unspecified atom stereocenters. The van der Waals surface area contributed by atoms with Gasteiger partial charge in [0.2, 0.25) is 29.5 Å². The lowest BCUT2D eigenvalue weighted by molar-refractivity contribution is -0.145. The number of alkyl halides is 1. The molecule has 0 spiro atoms. The predicted octanol–water partition coefficient (Wildman–Crippen LogP) is 0.974. The predicted molar refractivity (Wildman–Crippen MR) is 182 cm³/mol. The molecule has 2 aliphatic rings. The Bertz CT molecular complexity index is 1040. The number of halogens is 1. The largest absolute Gasteiger partial charge is 0.391 e. The molecule has 0 aromatic heterocycles. The van der Waals surface area contributed by atoms with E-state index in [0.29, 0.717) is 25.8 Å². The average Bonchev–Trinajstić information content (AvgIpc) is 3.06. The quantitative estimate of drug-likeness (QED) is 0.164. The van der Waals surface area contributed by atoms with E-state index in [4.69, 9.17) is 5.73 Å². The minimum absolute atomic E-state index is 0.0166. The molecule has 48 heavy (non-hydrogen) atoms. The summed E-state index contributed by atoms with van der Waals surface area (Å²) in [6.45, 7) is 7.02. The lowest BCUT2D eigenvalue weighted by Gasteiger charge is -2.38. The number of hydrogen-bond acceptors (Lipinski definition) is 8. The second-order valence-electron chi connectivity index (χ2n) is 13.9. The van der Waals surface area contributed by atoms with Crippen LogP contribution < -0.4 is 27.0 Å². The van der Waals surface area contributed by atoms with E-state index in [1.807, 2.05) is 18.7 Å². The van der Waals surface area contributed by atoms with Crippen LogP contribution >= 0.6 is 0 Å². The van der Waals surface area contributed by atoms with Crippen LogP contribution in [0.4, 0.5) is 4.39 Å². The average molecular weight is 684 g/mol. The van der Waals surface area contributed by atoms with Gasteiger partial charge in [-0.25, -0.2) is 0 Å². The van der Waals surface area contributed by atoms with Crippen LogP contribution in [-0.4, -0.2) is 121 Å². The highest BCUT2D eigenvalue weighted by atomic mass is 19.1. The summed E-state index contributed by atoms with van der Waals surface area (Å²) >= 11 is 0. The van der Waals surface area contributed by atoms with Crippen molar-refractivity contribution in [1.29, 1.82) is 0 Å². The fourth-order valence-electron chi connectivity index (χ4n) is 6.71. The fourth-order valence-corrected chi connectivity index (χ4v) is 6.71. The van der Waals surface area contributed by atoms with Crippen molar-refractivity contribution in [3.05, 3.63) is 0 Å². The number of hydrogen-bond donors (Lipinski definition) is 6. The molecule has 276 valence electrons. The van der Waals surface area contributed by atoms with Gasteiger partial charge in [-0.3, -0.25) is 33.3 Å². The topological polar surface area (TPSA) is 186 Å². The minimum atomic E-state index is -1.35. The lowest BCUT2D eigenvalue weighted by Crippen LogP contribution is -2.63. The summed E-state index contributed by atoms with van der Waals surface area (Å²) in [4.78, 5) is 71.9. The Morgan fingerprint density at radius 1 is 0.896 bits per heavy atom. The van der Waals surface area contributed by atoms with E-state index >= 15 is 0 Å². The van der Waals surface area contributed by atoms with Crippen LogP contribution in [0.5, 0.6) is 0 Å². The van der Waals surface area contributed by atoms with Gasteiger partial charge in [0.1, 0.15) is 24.2 Å². The summed E-state index contributed by atoms with van der Waals surface area (Å²) in [6.07, 6.45) is 6.76.